The molecular weight excluding hydrogens is 412 g/mol. The van der Waals surface area contributed by atoms with Crippen LogP contribution < -0.4 is 5.32 Å². The second-order valence-corrected chi connectivity index (χ2v) is 6.88. The fourth-order valence-electron chi connectivity index (χ4n) is 2.23. The van der Waals surface area contributed by atoms with Crippen LogP contribution in [0.1, 0.15) is 32.3 Å². The van der Waals surface area contributed by atoms with Crippen molar-refractivity contribution in [2.75, 3.05) is 5.32 Å². The Kier molecular flexibility index (Phi) is 5.63. The third kappa shape index (κ3) is 3.89. The number of carbonyl (C=O) groups excluding carboxylic acids is 1. The largest absolute Gasteiger partial charge is 0.309 e. The molecule has 0 saturated heterocycles. The molecule has 22 heavy (non-hydrogen) atoms. The lowest BCUT2D eigenvalue weighted by Crippen LogP contribution is -2.38. The number of hydrogen-bond donors (Lipinski definition) is 1. The van der Waals surface area contributed by atoms with Gasteiger partial charge in [-0.15, -0.1) is 0 Å². The molecule has 0 aromatic carbocycles. The molecule has 0 spiro atoms. The topological polar surface area (TPSA) is 67.8 Å². The summed E-state index contributed by atoms with van der Waals surface area (Å²) >= 11 is 6.63. The van der Waals surface area contributed by atoms with Crippen molar-refractivity contribution in [1.29, 1.82) is 0 Å². The summed E-state index contributed by atoms with van der Waals surface area (Å²) in [6.45, 7) is 3.97. The van der Waals surface area contributed by atoms with Crippen LogP contribution in [0, 0.1) is 0 Å². The van der Waals surface area contributed by atoms with Crippen molar-refractivity contribution < 1.29 is 4.79 Å². The van der Waals surface area contributed by atoms with Crippen LogP contribution in [0.15, 0.2) is 39.9 Å². The van der Waals surface area contributed by atoms with Crippen molar-refractivity contribution in [2.24, 2.45) is 0 Å². The Morgan fingerprint density at radius 2 is 2.00 bits per heavy atom. The van der Waals surface area contributed by atoms with Crippen molar-refractivity contribution in [3.63, 3.8) is 0 Å². The van der Waals surface area contributed by atoms with Crippen LogP contribution in [-0.4, -0.2) is 20.9 Å². The Morgan fingerprint density at radius 1 is 1.23 bits per heavy atom. The highest BCUT2D eigenvalue weighted by Crippen LogP contribution is 2.31. The van der Waals surface area contributed by atoms with Gasteiger partial charge in [0, 0.05) is 16.9 Å². The average molecular weight is 428 g/mol. The second kappa shape index (κ2) is 7.28. The average Bonchev–Trinajstić information content (AvgIpc) is 2.49. The lowest BCUT2D eigenvalue weighted by molar-refractivity contribution is -0.121. The van der Waals surface area contributed by atoms with Gasteiger partial charge >= 0.3 is 0 Å². The molecule has 0 aliphatic carbocycles. The van der Waals surface area contributed by atoms with E-state index in [4.69, 9.17) is 0 Å². The van der Waals surface area contributed by atoms with Crippen molar-refractivity contribution in [3.8, 4) is 0 Å². The Morgan fingerprint density at radius 3 is 2.59 bits per heavy atom. The zero-order valence-corrected chi connectivity index (χ0v) is 15.5. The summed E-state index contributed by atoms with van der Waals surface area (Å²) in [7, 11) is 0. The van der Waals surface area contributed by atoms with Gasteiger partial charge < -0.3 is 5.32 Å². The Labute approximate surface area is 146 Å². The lowest BCUT2D eigenvalue weighted by atomic mass is 9.78. The molecule has 1 atom stereocenters. The predicted octanol–water partition coefficient (Wildman–Crippen LogP) is 4.09. The fourth-order valence-corrected chi connectivity index (χ4v) is 2.80. The van der Waals surface area contributed by atoms with Crippen LogP contribution in [0.5, 0.6) is 0 Å². The van der Waals surface area contributed by atoms with Crippen LogP contribution in [0.4, 0.5) is 5.82 Å². The van der Waals surface area contributed by atoms with Crippen LogP contribution in [0.2, 0.25) is 0 Å². The van der Waals surface area contributed by atoms with Gasteiger partial charge in [-0.3, -0.25) is 9.78 Å². The zero-order chi connectivity index (χ0) is 16.2. The molecular formula is C15H16Br2N4O. The highest BCUT2D eigenvalue weighted by atomic mass is 79.9. The van der Waals surface area contributed by atoms with E-state index in [2.05, 4.69) is 59.1 Å². The number of rotatable bonds is 5. The second-order valence-electron chi connectivity index (χ2n) is 5.15. The third-order valence-electron chi connectivity index (χ3n) is 3.46. The van der Waals surface area contributed by atoms with Crippen LogP contribution >= 0.6 is 31.9 Å². The number of carbonyl (C=O) groups is 1. The monoisotopic (exact) mass is 426 g/mol. The first-order chi connectivity index (χ1) is 10.5. The Hall–Kier alpha value is -1.34. The Bertz CT molecular complexity index is 663. The number of aromatic nitrogens is 3. The lowest BCUT2D eigenvalue weighted by Gasteiger charge is -2.28. The third-order valence-corrected chi connectivity index (χ3v) is 4.30. The number of halogens is 2. The summed E-state index contributed by atoms with van der Waals surface area (Å²) in [5, 5.41) is 2.84. The molecule has 0 fully saturated rings. The summed E-state index contributed by atoms with van der Waals surface area (Å²) < 4.78 is 1.47. The normalized spacial score (nSPS) is 13.5. The minimum atomic E-state index is -0.680. The molecule has 1 amide bonds. The van der Waals surface area contributed by atoms with Gasteiger partial charge in [-0.25, -0.2) is 9.97 Å². The van der Waals surface area contributed by atoms with Crippen molar-refractivity contribution in [3.05, 3.63) is 45.5 Å². The van der Waals surface area contributed by atoms with Crippen molar-refractivity contribution in [1.82, 2.24) is 15.0 Å². The van der Waals surface area contributed by atoms with E-state index in [1.54, 1.807) is 18.6 Å². The number of hydrogen-bond acceptors (Lipinski definition) is 4. The summed E-state index contributed by atoms with van der Waals surface area (Å²) in [5.41, 5.74) is 0.187. The quantitative estimate of drug-likeness (QED) is 0.779. The Balaban J connectivity index is 2.29. The first-order valence-electron chi connectivity index (χ1n) is 6.85. The fraction of sp³-hybridized carbons (Fsp3) is 0.333. The molecule has 7 heteroatoms. The highest BCUT2D eigenvalue weighted by Gasteiger charge is 2.35. The van der Waals surface area contributed by atoms with Gasteiger partial charge in [-0.1, -0.05) is 13.3 Å². The van der Waals surface area contributed by atoms with Gasteiger partial charge in [0.05, 0.1) is 17.8 Å². The number of nitrogens with one attached hydrogen (secondary N) is 1. The van der Waals surface area contributed by atoms with Crippen LogP contribution in [0.3, 0.4) is 0 Å². The number of pyridine rings is 1. The molecule has 1 N–H and O–H groups in total. The maximum Gasteiger partial charge on any atom is 0.235 e. The van der Waals surface area contributed by atoms with E-state index in [1.165, 1.54) is 6.20 Å². The van der Waals surface area contributed by atoms with Crippen molar-refractivity contribution >= 4 is 43.6 Å². The van der Waals surface area contributed by atoms with E-state index in [1.807, 2.05) is 13.0 Å². The molecule has 0 aliphatic rings. The number of amides is 1. The van der Waals surface area contributed by atoms with Gasteiger partial charge in [0.15, 0.2) is 5.82 Å². The minimum Gasteiger partial charge on any atom is -0.309 e. The first kappa shape index (κ1) is 17.0. The summed E-state index contributed by atoms with van der Waals surface area (Å²) in [4.78, 5) is 25.2. The molecule has 0 radical (unpaired) electrons. The molecule has 5 nitrogen and oxygen atoms in total. The van der Waals surface area contributed by atoms with E-state index in [-0.39, 0.29) is 5.91 Å². The molecule has 2 aromatic rings. The van der Waals surface area contributed by atoms with E-state index >= 15 is 0 Å². The van der Waals surface area contributed by atoms with Gasteiger partial charge in [0.25, 0.3) is 0 Å². The molecule has 2 rings (SSSR count). The van der Waals surface area contributed by atoms with E-state index < -0.39 is 5.41 Å². The predicted molar refractivity (Wildman–Crippen MR) is 92.6 cm³/mol. The maximum absolute atomic E-state index is 12.8. The van der Waals surface area contributed by atoms with E-state index in [0.29, 0.717) is 16.8 Å². The summed E-state index contributed by atoms with van der Waals surface area (Å²) in [6.07, 6.45) is 8.09. The molecule has 1 unspecified atom stereocenters. The summed E-state index contributed by atoms with van der Waals surface area (Å²) in [5.74, 6) is 0.310. The summed E-state index contributed by atoms with van der Waals surface area (Å²) in [6, 6.07) is 1.93. The van der Waals surface area contributed by atoms with Gasteiger partial charge in [-0.2, -0.15) is 0 Å². The smallest absolute Gasteiger partial charge is 0.235 e. The molecule has 2 heterocycles. The number of nitrogens with zero attached hydrogens (tertiary/aromatic N) is 3. The standard InChI is InChI=1S/C15H16Br2N4O/c1-3-4-15(2,10-5-11(16)7-18-6-10)14(22)21-13-9-19-12(17)8-20-13/h5-9H,3-4H2,1-2H3,(H,20,21,22). The van der Waals surface area contributed by atoms with Gasteiger partial charge in [0.1, 0.15) is 4.60 Å². The van der Waals surface area contributed by atoms with Crippen molar-refractivity contribution in [2.45, 2.75) is 32.1 Å². The molecule has 0 aliphatic heterocycles. The van der Waals surface area contributed by atoms with E-state index in [0.717, 1.165) is 16.5 Å². The zero-order valence-electron chi connectivity index (χ0n) is 12.3. The molecule has 116 valence electrons. The number of anilines is 1. The highest BCUT2D eigenvalue weighted by molar-refractivity contribution is 9.10. The molecule has 2 aromatic heterocycles. The maximum atomic E-state index is 12.8. The SMILES string of the molecule is CCCC(C)(C(=O)Nc1cnc(Br)cn1)c1cncc(Br)c1. The van der Waals surface area contributed by atoms with E-state index in [9.17, 15) is 4.79 Å². The molecule has 0 bridgehead atoms. The van der Waals surface area contributed by atoms with Gasteiger partial charge in [-0.05, 0) is 56.8 Å². The minimum absolute atomic E-state index is 0.120. The first-order valence-corrected chi connectivity index (χ1v) is 8.44. The molecule has 0 saturated carbocycles. The van der Waals surface area contributed by atoms with Gasteiger partial charge in [0.2, 0.25) is 5.91 Å². The van der Waals surface area contributed by atoms with Crippen LogP contribution in [0.25, 0.3) is 0 Å². The van der Waals surface area contributed by atoms with Crippen LogP contribution in [-0.2, 0) is 10.2 Å².